The van der Waals surface area contributed by atoms with Gasteiger partial charge in [0.1, 0.15) is 18.1 Å². The van der Waals surface area contributed by atoms with Crippen LogP contribution < -0.4 is 9.47 Å². The SMILES string of the molecule is COC(=O)C(COc1cccc(OC)c1)C1CCC1. The third-order valence-electron chi connectivity index (χ3n) is 3.69. The number of benzene rings is 1. The van der Waals surface area contributed by atoms with Gasteiger partial charge in [0.15, 0.2) is 0 Å². The van der Waals surface area contributed by atoms with E-state index in [1.54, 1.807) is 7.11 Å². The normalized spacial score (nSPS) is 16.3. The Hall–Kier alpha value is -1.71. The number of hydrogen-bond acceptors (Lipinski definition) is 4. The molecule has 1 aliphatic rings. The monoisotopic (exact) mass is 264 g/mol. The lowest BCUT2D eigenvalue weighted by atomic mass is 9.76. The summed E-state index contributed by atoms with van der Waals surface area (Å²) in [7, 11) is 3.05. The van der Waals surface area contributed by atoms with E-state index in [-0.39, 0.29) is 11.9 Å². The third-order valence-corrected chi connectivity index (χ3v) is 3.69. The summed E-state index contributed by atoms with van der Waals surface area (Å²) in [6, 6.07) is 7.40. The topological polar surface area (TPSA) is 44.8 Å². The summed E-state index contributed by atoms with van der Waals surface area (Å²) in [5.74, 6) is 1.53. The van der Waals surface area contributed by atoms with Gasteiger partial charge in [-0.05, 0) is 30.9 Å². The molecule has 1 atom stereocenters. The number of ether oxygens (including phenoxy) is 3. The first-order chi connectivity index (χ1) is 9.24. The largest absolute Gasteiger partial charge is 0.497 e. The summed E-state index contributed by atoms with van der Waals surface area (Å²) in [5.41, 5.74) is 0. The Balaban J connectivity index is 1.95. The Bertz CT molecular complexity index is 426. The van der Waals surface area contributed by atoms with Crippen LogP contribution in [0.2, 0.25) is 0 Å². The number of carbonyl (C=O) groups excluding carboxylic acids is 1. The second-order valence-corrected chi connectivity index (χ2v) is 4.81. The number of methoxy groups -OCH3 is 2. The fraction of sp³-hybridized carbons (Fsp3) is 0.533. The summed E-state index contributed by atoms with van der Waals surface area (Å²) in [6.45, 7) is 0.366. The van der Waals surface area contributed by atoms with Crippen molar-refractivity contribution >= 4 is 5.97 Å². The molecule has 104 valence electrons. The van der Waals surface area contributed by atoms with Gasteiger partial charge in [-0.15, -0.1) is 0 Å². The minimum Gasteiger partial charge on any atom is -0.497 e. The maximum atomic E-state index is 11.8. The molecular weight excluding hydrogens is 244 g/mol. The summed E-state index contributed by atoms with van der Waals surface area (Å²) >= 11 is 0. The van der Waals surface area contributed by atoms with Gasteiger partial charge in [-0.3, -0.25) is 4.79 Å². The zero-order valence-electron chi connectivity index (χ0n) is 11.4. The lowest BCUT2D eigenvalue weighted by Crippen LogP contribution is -2.34. The van der Waals surface area contributed by atoms with E-state index in [0.29, 0.717) is 18.3 Å². The van der Waals surface area contributed by atoms with Crippen LogP contribution >= 0.6 is 0 Å². The second-order valence-electron chi connectivity index (χ2n) is 4.81. The van der Waals surface area contributed by atoms with Crippen molar-refractivity contribution in [2.24, 2.45) is 11.8 Å². The molecule has 1 aromatic rings. The lowest BCUT2D eigenvalue weighted by Gasteiger charge is -2.31. The Labute approximate surface area is 113 Å². The summed E-state index contributed by atoms with van der Waals surface area (Å²) in [6.07, 6.45) is 3.36. The predicted octanol–water partition coefficient (Wildman–Crippen LogP) is 2.66. The van der Waals surface area contributed by atoms with Crippen LogP contribution in [0.15, 0.2) is 24.3 Å². The van der Waals surface area contributed by atoms with Crippen molar-refractivity contribution in [1.29, 1.82) is 0 Å². The zero-order valence-corrected chi connectivity index (χ0v) is 11.4. The first-order valence-corrected chi connectivity index (χ1v) is 6.59. The fourth-order valence-corrected chi connectivity index (χ4v) is 2.27. The predicted molar refractivity (Wildman–Crippen MR) is 71.3 cm³/mol. The lowest BCUT2D eigenvalue weighted by molar-refractivity contribution is -0.150. The molecule has 0 heterocycles. The van der Waals surface area contributed by atoms with Crippen molar-refractivity contribution < 1.29 is 19.0 Å². The van der Waals surface area contributed by atoms with Crippen LogP contribution in [-0.4, -0.2) is 26.8 Å². The van der Waals surface area contributed by atoms with Crippen molar-refractivity contribution in [2.75, 3.05) is 20.8 Å². The van der Waals surface area contributed by atoms with E-state index < -0.39 is 0 Å². The van der Waals surface area contributed by atoms with Crippen LogP contribution in [0.25, 0.3) is 0 Å². The van der Waals surface area contributed by atoms with E-state index in [9.17, 15) is 4.79 Å². The van der Waals surface area contributed by atoms with Crippen molar-refractivity contribution in [2.45, 2.75) is 19.3 Å². The van der Waals surface area contributed by atoms with E-state index in [2.05, 4.69) is 0 Å². The Morgan fingerprint density at radius 2 is 2.05 bits per heavy atom. The van der Waals surface area contributed by atoms with Gasteiger partial charge >= 0.3 is 5.97 Å². The molecule has 0 aromatic heterocycles. The molecule has 0 aliphatic heterocycles. The highest BCUT2D eigenvalue weighted by Gasteiger charge is 2.33. The maximum Gasteiger partial charge on any atom is 0.312 e. The molecule has 1 aromatic carbocycles. The molecule has 1 unspecified atom stereocenters. The first-order valence-electron chi connectivity index (χ1n) is 6.59. The Morgan fingerprint density at radius 1 is 1.32 bits per heavy atom. The molecule has 0 radical (unpaired) electrons. The molecule has 0 spiro atoms. The Morgan fingerprint density at radius 3 is 2.63 bits per heavy atom. The van der Waals surface area contributed by atoms with Crippen LogP contribution in [0.4, 0.5) is 0 Å². The fourth-order valence-electron chi connectivity index (χ4n) is 2.27. The van der Waals surface area contributed by atoms with Gasteiger partial charge in [0.25, 0.3) is 0 Å². The molecule has 1 fully saturated rings. The maximum absolute atomic E-state index is 11.8. The average Bonchev–Trinajstić information content (AvgIpc) is 2.40. The summed E-state index contributed by atoms with van der Waals surface area (Å²) in [4.78, 5) is 11.8. The van der Waals surface area contributed by atoms with Crippen LogP contribution in [0.1, 0.15) is 19.3 Å². The van der Waals surface area contributed by atoms with Crippen LogP contribution in [0.3, 0.4) is 0 Å². The molecule has 0 bridgehead atoms. The highest BCUT2D eigenvalue weighted by molar-refractivity contribution is 5.73. The van der Waals surface area contributed by atoms with Gasteiger partial charge in [-0.1, -0.05) is 12.5 Å². The molecule has 1 aliphatic carbocycles. The standard InChI is InChI=1S/C15H20O4/c1-17-12-7-4-8-13(9-12)19-10-14(15(16)18-2)11-5-3-6-11/h4,7-9,11,14H,3,5-6,10H2,1-2H3. The summed E-state index contributed by atoms with van der Waals surface area (Å²) < 4.78 is 15.7. The van der Waals surface area contributed by atoms with Gasteiger partial charge in [0.2, 0.25) is 0 Å². The molecule has 1 saturated carbocycles. The zero-order chi connectivity index (χ0) is 13.7. The van der Waals surface area contributed by atoms with Crippen molar-refractivity contribution in [3.63, 3.8) is 0 Å². The number of carbonyl (C=O) groups is 1. The van der Waals surface area contributed by atoms with Crippen molar-refractivity contribution in [3.8, 4) is 11.5 Å². The summed E-state index contributed by atoms with van der Waals surface area (Å²) in [5, 5.41) is 0. The molecule has 0 N–H and O–H groups in total. The van der Waals surface area contributed by atoms with E-state index in [0.717, 1.165) is 18.6 Å². The van der Waals surface area contributed by atoms with E-state index in [1.807, 2.05) is 24.3 Å². The van der Waals surface area contributed by atoms with E-state index in [4.69, 9.17) is 14.2 Å². The average molecular weight is 264 g/mol. The quantitative estimate of drug-likeness (QED) is 0.741. The molecule has 4 nitrogen and oxygen atoms in total. The van der Waals surface area contributed by atoms with Crippen LogP contribution in [-0.2, 0) is 9.53 Å². The van der Waals surface area contributed by atoms with Gasteiger partial charge in [-0.25, -0.2) is 0 Å². The molecule has 0 amide bonds. The molecule has 2 rings (SSSR count). The highest BCUT2D eigenvalue weighted by Crippen LogP contribution is 2.34. The first kappa shape index (κ1) is 13.7. The minimum absolute atomic E-state index is 0.162. The smallest absolute Gasteiger partial charge is 0.312 e. The Kier molecular flexibility index (Phi) is 4.66. The van der Waals surface area contributed by atoms with Gasteiger partial charge in [0.05, 0.1) is 20.1 Å². The van der Waals surface area contributed by atoms with Crippen molar-refractivity contribution in [1.82, 2.24) is 0 Å². The number of rotatable bonds is 6. The molecule has 4 heteroatoms. The second kappa shape index (κ2) is 6.45. The molecule has 19 heavy (non-hydrogen) atoms. The van der Waals surface area contributed by atoms with Gasteiger partial charge in [0, 0.05) is 6.07 Å². The van der Waals surface area contributed by atoms with Crippen molar-refractivity contribution in [3.05, 3.63) is 24.3 Å². The van der Waals surface area contributed by atoms with Crippen LogP contribution in [0.5, 0.6) is 11.5 Å². The molecule has 0 saturated heterocycles. The van der Waals surface area contributed by atoms with E-state index >= 15 is 0 Å². The van der Waals surface area contributed by atoms with Gasteiger partial charge < -0.3 is 14.2 Å². The third kappa shape index (κ3) is 3.40. The number of hydrogen-bond donors (Lipinski definition) is 0. The van der Waals surface area contributed by atoms with Gasteiger partial charge in [-0.2, -0.15) is 0 Å². The van der Waals surface area contributed by atoms with E-state index in [1.165, 1.54) is 13.5 Å². The minimum atomic E-state index is -0.174. The molecular formula is C15H20O4. The highest BCUT2D eigenvalue weighted by atomic mass is 16.5. The number of esters is 1. The van der Waals surface area contributed by atoms with Crippen LogP contribution in [0, 0.1) is 11.8 Å².